The fourth-order valence-corrected chi connectivity index (χ4v) is 1.70. The minimum absolute atomic E-state index is 0.229. The molecule has 0 saturated carbocycles. The molecule has 1 rings (SSSR count). The first-order chi connectivity index (χ1) is 7.40. The summed E-state index contributed by atoms with van der Waals surface area (Å²) in [5.41, 5.74) is 5.73. The lowest BCUT2D eigenvalue weighted by Gasteiger charge is -2.06. The smallest absolute Gasteiger partial charge is 0.389 e. The van der Waals surface area contributed by atoms with Gasteiger partial charge in [0.15, 0.2) is 0 Å². The monoisotopic (exact) mass is 253 g/mol. The molecular weight excluding hydrogens is 243 g/mol. The highest BCUT2D eigenvalue weighted by molar-refractivity contribution is 7.12. The Labute approximate surface area is 94.0 Å². The zero-order valence-corrected chi connectivity index (χ0v) is 9.03. The molecule has 1 aromatic heterocycles. The molecule has 0 aliphatic carbocycles. The number of nitrogen functional groups attached to an aromatic ring is 1. The van der Waals surface area contributed by atoms with Crippen LogP contribution in [0.3, 0.4) is 0 Å². The second-order valence-corrected chi connectivity index (χ2v) is 3.98. The van der Waals surface area contributed by atoms with Gasteiger partial charge in [0.2, 0.25) is 0 Å². The van der Waals surface area contributed by atoms with Crippen molar-refractivity contribution in [2.45, 2.75) is 19.0 Å². The van der Waals surface area contributed by atoms with Gasteiger partial charge in [-0.15, -0.1) is 11.3 Å². The largest absolute Gasteiger partial charge is 0.461 e. The average Bonchev–Trinajstić information content (AvgIpc) is 2.57. The van der Waals surface area contributed by atoms with Crippen LogP contribution in [0.1, 0.15) is 22.5 Å². The number of carbonyl (C=O) groups excluding carboxylic acids is 1. The number of hydrogen-bond acceptors (Lipinski definition) is 4. The van der Waals surface area contributed by atoms with E-state index in [1.807, 2.05) is 0 Å². The van der Waals surface area contributed by atoms with E-state index < -0.39 is 18.6 Å². The standard InChI is InChI=1S/C9H10F3NO2S/c10-9(11,12)3-1-4-15-8(14)7-6(13)2-5-16-7/h2,5H,1,3-4,13H2. The van der Waals surface area contributed by atoms with Gasteiger partial charge >= 0.3 is 12.1 Å². The number of carbonyl (C=O) groups is 1. The van der Waals surface area contributed by atoms with E-state index in [1.54, 1.807) is 5.38 Å². The van der Waals surface area contributed by atoms with Gasteiger partial charge in [0, 0.05) is 6.42 Å². The maximum atomic E-state index is 11.8. The van der Waals surface area contributed by atoms with Crippen molar-refractivity contribution in [1.82, 2.24) is 0 Å². The third-order valence-electron chi connectivity index (χ3n) is 1.72. The highest BCUT2D eigenvalue weighted by Crippen LogP contribution is 2.22. The summed E-state index contributed by atoms with van der Waals surface area (Å²) in [5, 5.41) is 1.61. The molecule has 0 amide bonds. The summed E-state index contributed by atoms with van der Waals surface area (Å²) >= 11 is 1.10. The van der Waals surface area contributed by atoms with Crippen LogP contribution in [0.15, 0.2) is 11.4 Å². The van der Waals surface area contributed by atoms with Crippen molar-refractivity contribution in [3.8, 4) is 0 Å². The third-order valence-corrected chi connectivity index (χ3v) is 2.63. The SMILES string of the molecule is Nc1ccsc1C(=O)OCCCC(F)(F)F. The molecule has 0 fully saturated rings. The maximum absolute atomic E-state index is 11.8. The van der Waals surface area contributed by atoms with Gasteiger partial charge in [-0.25, -0.2) is 4.79 Å². The van der Waals surface area contributed by atoms with Crippen LogP contribution in [0.25, 0.3) is 0 Å². The number of esters is 1. The van der Waals surface area contributed by atoms with Crippen LogP contribution in [-0.4, -0.2) is 18.8 Å². The topological polar surface area (TPSA) is 52.3 Å². The Kier molecular flexibility index (Phi) is 4.17. The first-order valence-electron chi connectivity index (χ1n) is 4.47. The molecule has 0 bridgehead atoms. The van der Waals surface area contributed by atoms with Gasteiger partial charge in [0.1, 0.15) is 4.88 Å². The number of hydrogen-bond donors (Lipinski definition) is 1. The van der Waals surface area contributed by atoms with Crippen LogP contribution in [0, 0.1) is 0 Å². The first-order valence-corrected chi connectivity index (χ1v) is 5.35. The van der Waals surface area contributed by atoms with E-state index in [0.29, 0.717) is 0 Å². The number of rotatable bonds is 4. The lowest BCUT2D eigenvalue weighted by atomic mass is 10.3. The number of halogens is 3. The quantitative estimate of drug-likeness (QED) is 0.663. The minimum Gasteiger partial charge on any atom is -0.461 e. The van der Waals surface area contributed by atoms with Crippen molar-refractivity contribution in [2.75, 3.05) is 12.3 Å². The van der Waals surface area contributed by atoms with Crippen LogP contribution >= 0.6 is 11.3 Å². The molecule has 3 nitrogen and oxygen atoms in total. The predicted octanol–water partition coefficient (Wildman–Crippen LogP) is 2.83. The first kappa shape index (κ1) is 12.8. The molecule has 1 heterocycles. The van der Waals surface area contributed by atoms with E-state index in [1.165, 1.54) is 6.07 Å². The van der Waals surface area contributed by atoms with Crippen molar-refractivity contribution in [3.05, 3.63) is 16.3 Å². The second kappa shape index (κ2) is 5.20. The molecule has 0 aliphatic heterocycles. The van der Waals surface area contributed by atoms with Gasteiger partial charge < -0.3 is 10.5 Å². The zero-order chi connectivity index (χ0) is 12.2. The Bertz CT molecular complexity index is 362. The Morgan fingerprint density at radius 1 is 1.50 bits per heavy atom. The van der Waals surface area contributed by atoms with Crippen molar-refractivity contribution in [3.63, 3.8) is 0 Å². The van der Waals surface area contributed by atoms with E-state index in [0.717, 1.165) is 11.3 Å². The minimum atomic E-state index is -4.21. The van der Waals surface area contributed by atoms with Gasteiger partial charge in [-0.05, 0) is 17.9 Å². The van der Waals surface area contributed by atoms with Gasteiger partial charge in [0.05, 0.1) is 12.3 Å². The van der Waals surface area contributed by atoms with E-state index in [2.05, 4.69) is 4.74 Å². The molecule has 0 saturated heterocycles. The van der Waals surface area contributed by atoms with E-state index in [-0.39, 0.29) is 23.6 Å². The zero-order valence-electron chi connectivity index (χ0n) is 8.21. The van der Waals surface area contributed by atoms with Crippen molar-refractivity contribution >= 4 is 23.0 Å². The van der Waals surface area contributed by atoms with Crippen LogP contribution in [0.4, 0.5) is 18.9 Å². The molecule has 90 valence electrons. The molecule has 0 spiro atoms. The maximum Gasteiger partial charge on any atom is 0.389 e. The lowest BCUT2D eigenvalue weighted by molar-refractivity contribution is -0.137. The highest BCUT2D eigenvalue weighted by Gasteiger charge is 2.26. The van der Waals surface area contributed by atoms with Crippen molar-refractivity contribution < 1.29 is 22.7 Å². The highest BCUT2D eigenvalue weighted by atomic mass is 32.1. The summed E-state index contributed by atoms with van der Waals surface area (Å²) in [7, 11) is 0. The molecule has 1 aromatic rings. The van der Waals surface area contributed by atoms with Crippen molar-refractivity contribution in [2.24, 2.45) is 0 Å². The second-order valence-electron chi connectivity index (χ2n) is 3.06. The molecule has 0 aromatic carbocycles. The summed E-state index contributed by atoms with van der Waals surface area (Å²) in [6.07, 6.45) is -5.41. The van der Waals surface area contributed by atoms with Gasteiger partial charge in [-0.2, -0.15) is 13.2 Å². The number of nitrogens with two attached hydrogens (primary N) is 1. The Morgan fingerprint density at radius 3 is 2.69 bits per heavy atom. The summed E-state index contributed by atoms with van der Waals surface area (Å²) in [6.45, 7) is -0.254. The molecule has 7 heteroatoms. The molecule has 2 N–H and O–H groups in total. The Morgan fingerprint density at radius 2 is 2.19 bits per heavy atom. The van der Waals surface area contributed by atoms with Crippen LogP contribution < -0.4 is 5.73 Å². The molecular formula is C9H10F3NO2S. The average molecular weight is 253 g/mol. The molecule has 0 radical (unpaired) electrons. The summed E-state index contributed by atoms with van der Waals surface area (Å²) in [4.78, 5) is 11.5. The van der Waals surface area contributed by atoms with E-state index >= 15 is 0 Å². The van der Waals surface area contributed by atoms with Crippen molar-refractivity contribution in [1.29, 1.82) is 0 Å². The van der Waals surface area contributed by atoms with Crippen LogP contribution in [0.5, 0.6) is 0 Å². The van der Waals surface area contributed by atoms with E-state index in [4.69, 9.17) is 5.73 Å². The van der Waals surface area contributed by atoms with Crippen LogP contribution in [-0.2, 0) is 4.74 Å². The van der Waals surface area contributed by atoms with Gasteiger partial charge in [-0.3, -0.25) is 0 Å². The molecule has 0 atom stereocenters. The lowest BCUT2D eigenvalue weighted by Crippen LogP contribution is -2.11. The number of alkyl halides is 3. The number of ether oxygens (including phenoxy) is 1. The third kappa shape index (κ3) is 4.09. The summed E-state index contributed by atoms with van der Waals surface area (Å²) in [5.74, 6) is -0.672. The van der Waals surface area contributed by atoms with Crippen LogP contribution in [0.2, 0.25) is 0 Å². The number of thiophene rings is 1. The molecule has 0 aliphatic rings. The van der Waals surface area contributed by atoms with Gasteiger partial charge in [-0.1, -0.05) is 0 Å². The molecule has 16 heavy (non-hydrogen) atoms. The fraction of sp³-hybridized carbons (Fsp3) is 0.444. The fourth-order valence-electron chi connectivity index (χ4n) is 0.988. The Hall–Kier alpha value is -1.24. The van der Waals surface area contributed by atoms with E-state index in [9.17, 15) is 18.0 Å². The summed E-state index contributed by atoms with van der Waals surface area (Å²) in [6, 6.07) is 1.54. The number of anilines is 1. The predicted molar refractivity (Wildman–Crippen MR) is 54.3 cm³/mol. The summed E-state index contributed by atoms with van der Waals surface area (Å²) < 4.78 is 39.9. The van der Waals surface area contributed by atoms with Gasteiger partial charge in [0.25, 0.3) is 0 Å². The molecule has 0 unspecified atom stereocenters. The normalized spacial score (nSPS) is 11.4. The Balaban J connectivity index is 2.29.